The molecule has 0 aromatic heterocycles. The number of benzene rings is 2. The first kappa shape index (κ1) is 16.5. The molecule has 1 aliphatic heterocycles. The monoisotopic (exact) mass is 325 g/mol. The fourth-order valence-corrected chi connectivity index (χ4v) is 3.02. The summed E-state index contributed by atoms with van der Waals surface area (Å²) >= 11 is 0. The average Bonchev–Trinajstić information content (AvgIpc) is 2.63. The molecule has 1 N–H and O–H groups in total. The lowest BCUT2D eigenvalue weighted by Crippen LogP contribution is -2.33. The van der Waals surface area contributed by atoms with Crippen LogP contribution >= 0.6 is 0 Å². The van der Waals surface area contributed by atoms with E-state index in [4.69, 9.17) is 9.84 Å². The minimum Gasteiger partial charge on any atom is -0.492 e. The van der Waals surface area contributed by atoms with Crippen molar-refractivity contribution in [2.75, 3.05) is 26.2 Å². The molecule has 1 saturated heterocycles. The molecule has 24 heavy (non-hydrogen) atoms. The number of likely N-dealkylation sites (tertiary alicyclic amines) is 1. The summed E-state index contributed by atoms with van der Waals surface area (Å²) in [5.41, 5.74) is 2.35. The highest BCUT2D eigenvalue weighted by molar-refractivity contribution is 5.88. The molecular formula is C20H23NO3. The Bertz CT molecular complexity index is 658. The number of nitrogens with zero attached hydrogens (tertiary/aromatic N) is 1. The Morgan fingerprint density at radius 3 is 2.08 bits per heavy atom. The molecule has 0 atom stereocenters. The van der Waals surface area contributed by atoms with Crippen LogP contribution in [0.25, 0.3) is 11.1 Å². The van der Waals surface area contributed by atoms with Gasteiger partial charge in [0.25, 0.3) is 0 Å². The second kappa shape index (κ2) is 7.97. The molecule has 1 fully saturated rings. The summed E-state index contributed by atoms with van der Waals surface area (Å²) in [6.07, 6.45) is 3.96. The van der Waals surface area contributed by atoms with Crippen molar-refractivity contribution in [1.82, 2.24) is 4.90 Å². The van der Waals surface area contributed by atoms with Gasteiger partial charge in [-0.05, 0) is 61.3 Å². The van der Waals surface area contributed by atoms with Crippen LogP contribution in [0.1, 0.15) is 29.6 Å². The van der Waals surface area contributed by atoms with Crippen LogP contribution in [-0.2, 0) is 0 Å². The maximum absolute atomic E-state index is 10.9. The van der Waals surface area contributed by atoms with E-state index in [0.717, 1.165) is 23.4 Å². The number of hydrogen-bond donors (Lipinski definition) is 1. The molecule has 4 heteroatoms. The van der Waals surface area contributed by atoms with Crippen LogP contribution < -0.4 is 4.74 Å². The van der Waals surface area contributed by atoms with E-state index in [1.165, 1.54) is 32.4 Å². The molecule has 0 radical (unpaired) electrons. The van der Waals surface area contributed by atoms with Crippen LogP contribution in [0.4, 0.5) is 0 Å². The van der Waals surface area contributed by atoms with E-state index in [-0.39, 0.29) is 0 Å². The zero-order valence-corrected chi connectivity index (χ0v) is 13.8. The Hall–Kier alpha value is -2.33. The standard InChI is InChI=1S/C20H23NO3/c22-20(23)18-6-4-16(5-7-18)17-8-10-19(11-9-17)24-15-14-21-12-2-1-3-13-21/h4-11H,1-3,12-15H2,(H,22,23). The smallest absolute Gasteiger partial charge is 0.335 e. The summed E-state index contributed by atoms with van der Waals surface area (Å²) in [6.45, 7) is 4.08. The highest BCUT2D eigenvalue weighted by atomic mass is 16.5. The number of carbonyl (C=O) groups is 1. The van der Waals surface area contributed by atoms with Gasteiger partial charge in [-0.3, -0.25) is 4.90 Å². The zero-order valence-electron chi connectivity index (χ0n) is 13.8. The Kier molecular flexibility index (Phi) is 5.49. The summed E-state index contributed by atoms with van der Waals surface area (Å²) < 4.78 is 5.83. The largest absolute Gasteiger partial charge is 0.492 e. The lowest BCUT2D eigenvalue weighted by atomic mass is 10.0. The van der Waals surface area contributed by atoms with E-state index in [9.17, 15) is 4.79 Å². The first-order valence-corrected chi connectivity index (χ1v) is 8.51. The number of hydrogen-bond acceptors (Lipinski definition) is 3. The van der Waals surface area contributed by atoms with Crippen molar-refractivity contribution in [3.8, 4) is 16.9 Å². The Morgan fingerprint density at radius 1 is 0.917 bits per heavy atom. The second-order valence-electron chi connectivity index (χ2n) is 6.16. The summed E-state index contributed by atoms with van der Waals surface area (Å²) in [4.78, 5) is 13.3. The van der Waals surface area contributed by atoms with Crippen molar-refractivity contribution < 1.29 is 14.6 Å². The molecule has 0 bridgehead atoms. The fraction of sp³-hybridized carbons (Fsp3) is 0.350. The number of piperidine rings is 1. The predicted octanol–water partition coefficient (Wildman–Crippen LogP) is 3.92. The summed E-state index contributed by atoms with van der Waals surface area (Å²) in [5.74, 6) is -0.0306. The van der Waals surface area contributed by atoms with Gasteiger partial charge in [-0.15, -0.1) is 0 Å². The molecule has 0 unspecified atom stereocenters. The normalized spacial score (nSPS) is 15.2. The van der Waals surface area contributed by atoms with Gasteiger partial charge >= 0.3 is 5.97 Å². The highest BCUT2D eigenvalue weighted by Crippen LogP contribution is 2.23. The molecule has 4 nitrogen and oxygen atoms in total. The minimum atomic E-state index is -0.904. The van der Waals surface area contributed by atoms with E-state index in [1.807, 2.05) is 36.4 Å². The van der Waals surface area contributed by atoms with Crippen LogP contribution in [0.15, 0.2) is 48.5 Å². The molecule has 0 saturated carbocycles. The minimum absolute atomic E-state index is 0.302. The Labute approximate surface area is 142 Å². The van der Waals surface area contributed by atoms with Gasteiger partial charge in [0.2, 0.25) is 0 Å². The van der Waals surface area contributed by atoms with E-state index in [0.29, 0.717) is 12.2 Å². The SMILES string of the molecule is O=C(O)c1ccc(-c2ccc(OCCN3CCCCC3)cc2)cc1. The first-order chi connectivity index (χ1) is 11.7. The van der Waals surface area contributed by atoms with Gasteiger partial charge in [0, 0.05) is 6.54 Å². The molecule has 3 rings (SSSR count). The second-order valence-corrected chi connectivity index (χ2v) is 6.16. The quantitative estimate of drug-likeness (QED) is 0.874. The van der Waals surface area contributed by atoms with Crippen LogP contribution in [0.3, 0.4) is 0 Å². The summed E-state index contributed by atoms with van der Waals surface area (Å²) in [6, 6.07) is 14.9. The van der Waals surface area contributed by atoms with Gasteiger partial charge in [-0.25, -0.2) is 4.79 Å². The predicted molar refractivity (Wildman–Crippen MR) is 94.6 cm³/mol. The van der Waals surface area contributed by atoms with Gasteiger partial charge in [0.1, 0.15) is 12.4 Å². The van der Waals surface area contributed by atoms with Gasteiger partial charge in [-0.2, -0.15) is 0 Å². The van der Waals surface area contributed by atoms with Gasteiger partial charge in [0.05, 0.1) is 5.56 Å². The molecule has 2 aromatic carbocycles. The number of carboxylic acids is 1. The third kappa shape index (κ3) is 4.36. The van der Waals surface area contributed by atoms with Crippen molar-refractivity contribution in [2.24, 2.45) is 0 Å². The maximum Gasteiger partial charge on any atom is 0.335 e. The van der Waals surface area contributed by atoms with Gasteiger partial charge in [0.15, 0.2) is 0 Å². The first-order valence-electron chi connectivity index (χ1n) is 8.51. The average molecular weight is 325 g/mol. The molecule has 126 valence electrons. The third-order valence-corrected chi connectivity index (χ3v) is 4.44. The van der Waals surface area contributed by atoms with E-state index in [1.54, 1.807) is 12.1 Å². The van der Waals surface area contributed by atoms with E-state index >= 15 is 0 Å². The van der Waals surface area contributed by atoms with E-state index < -0.39 is 5.97 Å². The highest BCUT2D eigenvalue weighted by Gasteiger charge is 2.09. The number of aromatic carboxylic acids is 1. The van der Waals surface area contributed by atoms with Gasteiger partial charge in [-0.1, -0.05) is 30.7 Å². The van der Waals surface area contributed by atoms with Crippen molar-refractivity contribution >= 4 is 5.97 Å². The molecule has 0 aliphatic carbocycles. The van der Waals surface area contributed by atoms with E-state index in [2.05, 4.69) is 4.90 Å². The number of carboxylic acid groups (broad SMARTS) is 1. The van der Waals surface area contributed by atoms with Gasteiger partial charge < -0.3 is 9.84 Å². The fourth-order valence-electron chi connectivity index (χ4n) is 3.02. The summed E-state index contributed by atoms with van der Waals surface area (Å²) in [7, 11) is 0. The van der Waals surface area contributed by atoms with Crippen molar-refractivity contribution in [1.29, 1.82) is 0 Å². The molecular weight excluding hydrogens is 302 g/mol. The Morgan fingerprint density at radius 2 is 1.50 bits per heavy atom. The number of rotatable bonds is 6. The number of ether oxygens (including phenoxy) is 1. The molecule has 2 aromatic rings. The molecule has 1 aliphatic rings. The van der Waals surface area contributed by atoms with Crippen molar-refractivity contribution in [3.63, 3.8) is 0 Å². The lowest BCUT2D eigenvalue weighted by molar-refractivity contribution is 0.0697. The third-order valence-electron chi connectivity index (χ3n) is 4.44. The van der Waals surface area contributed by atoms with Crippen LogP contribution in [0.2, 0.25) is 0 Å². The molecule has 1 heterocycles. The Balaban J connectivity index is 1.53. The van der Waals surface area contributed by atoms with Crippen LogP contribution in [0, 0.1) is 0 Å². The maximum atomic E-state index is 10.9. The van der Waals surface area contributed by atoms with Crippen LogP contribution in [0.5, 0.6) is 5.75 Å². The summed E-state index contributed by atoms with van der Waals surface area (Å²) in [5, 5.41) is 8.94. The molecule has 0 spiro atoms. The molecule has 0 amide bonds. The van der Waals surface area contributed by atoms with Crippen molar-refractivity contribution in [2.45, 2.75) is 19.3 Å². The van der Waals surface area contributed by atoms with Crippen molar-refractivity contribution in [3.05, 3.63) is 54.1 Å². The lowest BCUT2D eigenvalue weighted by Gasteiger charge is -2.26. The zero-order chi connectivity index (χ0) is 16.8. The van der Waals surface area contributed by atoms with Crippen LogP contribution in [-0.4, -0.2) is 42.2 Å². The topological polar surface area (TPSA) is 49.8 Å².